The molecule has 0 amide bonds. The minimum atomic E-state index is -4.01. The summed E-state index contributed by atoms with van der Waals surface area (Å²) in [6.07, 6.45) is 0.284. The fraction of sp³-hybridized carbons (Fsp3) is 0.417. The zero-order valence-corrected chi connectivity index (χ0v) is 13.2. The van der Waals surface area contributed by atoms with E-state index in [0.29, 0.717) is 5.69 Å². The molecule has 0 aliphatic carbocycles. The van der Waals surface area contributed by atoms with E-state index >= 15 is 0 Å². The topological polar surface area (TPSA) is 108 Å². The molecule has 2 rings (SSSR count). The summed E-state index contributed by atoms with van der Waals surface area (Å²) < 4.78 is 35.4. The summed E-state index contributed by atoms with van der Waals surface area (Å²) in [5.41, 5.74) is -0.803. The van der Waals surface area contributed by atoms with Crippen molar-refractivity contribution >= 4 is 38.7 Å². The first kappa shape index (κ1) is 15.8. The molecule has 0 fully saturated rings. The van der Waals surface area contributed by atoms with Gasteiger partial charge in [0.1, 0.15) is 21.8 Å². The molecule has 1 aliphatic rings. The first-order valence-corrected chi connectivity index (χ1v) is 8.56. The highest BCUT2D eigenvalue weighted by Gasteiger charge is 2.40. The second-order valence-corrected chi connectivity index (χ2v) is 6.77. The van der Waals surface area contributed by atoms with Crippen LogP contribution in [0.25, 0.3) is 0 Å². The van der Waals surface area contributed by atoms with E-state index in [2.05, 4.69) is 13.4 Å². The lowest BCUT2D eigenvalue weighted by Crippen LogP contribution is -2.53. The maximum absolute atomic E-state index is 12.5. The molecule has 114 valence electrons. The van der Waals surface area contributed by atoms with Gasteiger partial charge in [0.2, 0.25) is 10.0 Å². The molecule has 1 heterocycles. The van der Waals surface area contributed by atoms with Crippen molar-refractivity contribution < 1.29 is 18.3 Å². The van der Waals surface area contributed by atoms with Crippen LogP contribution in [0.1, 0.15) is 26.7 Å². The van der Waals surface area contributed by atoms with E-state index in [-0.39, 0.29) is 23.4 Å². The standard InChI is InChI=1S/C12H15N3O4S2/c1-3-12(4-2,11(16)17)15-21(18,19)9-7-5-6-8-10(9)14-20-13-8/h5-7,15H,3-4H2,1-2H3,(H,16,17). The minimum absolute atomic E-state index is 0.0544. The van der Waals surface area contributed by atoms with E-state index in [0.717, 1.165) is 11.4 Å². The van der Waals surface area contributed by atoms with Crippen molar-refractivity contribution in [3.8, 4) is 0 Å². The van der Waals surface area contributed by atoms with Crippen molar-refractivity contribution in [1.29, 1.82) is 0 Å². The third-order valence-corrected chi connectivity index (χ3v) is 5.60. The highest BCUT2D eigenvalue weighted by atomic mass is 32.2. The summed E-state index contributed by atoms with van der Waals surface area (Å²) in [7, 11) is -4.01. The average molecular weight is 329 g/mol. The highest BCUT2D eigenvalue weighted by Crippen LogP contribution is 2.37. The van der Waals surface area contributed by atoms with Gasteiger partial charge in [-0.25, -0.2) is 8.42 Å². The maximum Gasteiger partial charge on any atom is 0.324 e. The molecular weight excluding hydrogens is 314 g/mol. The molecule has 1 aromatic rings. The van der Waals surface area contributed by atoms with E-state index in [1.54, 1.807) is 26.0 Å². The van der Waals surface area contributed by atoms with Crippen LogP contribution in [0.4, 0.5) is 11.4 Å². The third kappa shape index (κ3) is 2.76. The fourth-order valence-corrected chi connectivity index (χ4v) is 4.32. The minimum Gasteiger partial charge on any atom is -0.480 e. The van der Waals surface area contributed by atoms with Crippen LogP contribution in [0.5, 0.6) is 0 Å². The molecule has 0 unspecified atom stereocenters. The largest absolute Gasteiger partial charge is 0.480 e. The first-order valence-electron chi connectivity index (χ1n) is 6.35. The number of carboxylic acid groups (broad SMARTS) is 1. The Morgan fingerprint density at radius 3 is 2.57 bits per heavy atom. The Kier molecular flexibility index (Phi) is 4.26. The van der Waals surface area contributed by atoms with Crippen LogP contribution in [0.3, 0.4) is 0 Å². The summed E-state index contributed by atoms with van der Waals surface area (Å²) in [6, 6.07) is 4.60. The number of carboxylic acids is 1. The SMILES string of the molecule is CCC(CC)(NS(=O)(=O)c1cccc2c1N=S=N2)C(=O)O. The summed E-state index contributed by atoms with van der Waals surface area (Å²) in [4.78, 5) is 11.4. The number of nitrogens with one attached hydrogen (secondary N) is 1. The molecule has 0 radical (unpaired) electrons. The molecule has 0 saturated heterocycles. The van der Waals surface area contributed by atoms with Crippen LogP contribution < -0.4 is 4.72 Å². The normalized spacial score (nSPS) is 13.8. The van der Waals surface area contributed by atoms with Gasteiger partial charge in [0.25, 0.3) is 0 Å². The molecule has 0 saturated carbocycles. The summed E-state index contributed by atoms with van der Waals surface area (Å²) in [6.45, 7) is 3.26. The molecule has 1 aliphatic heterocycles. The van der Waals surface area contributed by atoms with Gasteiger partial charge in [0.05, 0.1) is 11.4 Å². The molecule has 0 bridgehead atoms. The molecule has 1 aromatic carbocycles. The number of benzene rings is 1. The summed E-state index contributed by atoms with van der Waals surface area (Å²) in [5, 5.41) is 9.35. The predicted molar refractivity (Wildman–Crippen MR) is 79.3 cm³/mol. The lowest BCUT2D eigenvalue weighted by molar-refractivity contribution is -0.144. The molecule has 0 atom stereocenters. The third-order valence-electron chi connectivity index (χ3n) is 3.48. The van der Waals surface area contributed by atoms with Crippen LogP contribution in [0.2, 0.25) is 0 Å². The van der Waals surface area contributed by atoms with Crippen LogP contribution in [-0.4, -0.2) is 25.0 Å². The van der Waals surface area contributed by atoms with E-state index in [9.17, 15) is 18.3 Å². The smallest absolute Gasteiger partial charge is 0.324 e. The number of carbonyl (C=O) groups is 1. The van der Waals surface area contributed by atoms with Crippen LogP contribution in [-0.2, 0) is 26.2 Å². The molecule has 7 nitrogen and oxygen atoms in total. The second kappa shape index (κ2) is 5.66. The van der Waals surface area contributed by atoms with Gasteiger partial charge in [-0.05, 0) is 25.0 Å². The van der Waals surface area contributed by atoms with Gasteiger partial charge in [-0.15, -0.1) is 0 Å². The van der Waals surface area contributed by atoms with E-state index in [1.807, 2.05) is 0 Å². The number of fused-ring (bicyclic) bond motifs is 1. The quantitative estimate of drug-likeness (QED) is 0.847. The van der Waals surface area contributed by atoms with Gasteiger partial charge in [0, 0.05) is 0 Å². The van der Waals surface area contributed by atoms with Gasteiger partial charge < -0.3 is 5.11 Å². The Bertz CT molecular complexity index is 748. The summed E-state index contributed by atoms with van der Waals surface area (Å²) in [5.74, 6) is -1.19. The van der Waals surface area contributed by atoms with Gasteiger partial charge in [0.15, 0.2) is 0 Å². The van der Waals surface area contributed by atoms with Crippen molar-refractivity contribution in [3.63, 3.8) is 0 Å². The number of aliphatic carboxylic acids is 1. The Balaban J connectivity index is 2.47. The van der Waals surface area contributed by atoms with Gasteiger partial charge >= 0.3 is 5.97 Å². The molecule has 21 heavy (non-hydrogen) atoms. The highest BCUT2D eigenvalue weighted by molar-refractivity contribution is 7.89. The monoisotopic (exact) mass is 329 g/mol. The van der Waals surface area contributed by atoms with Crippen molar-refractivity contribution in [2.24, 2.45) is 8.73 Å². The van der Waals surface area contributed by atoms with Crippen molar-refractivity contribution in [3.05, 3.63) is 18.2 Å². The number of rotatable bonds is 6. The summed E-state index contributed by atoms with van der Waals surface area (Å²) >= 11 is 0.910. The first-order chi connectivity index (χ1) is 9.86. The lowest BCUT2D eigenvalue weighted by Gasteiger charge is -2.27. The Labute approximate surface area is 126 Å². The van der Waals surface area contributed by atoms with E-state index < -0.39 is 21.5 Å². The zero-order chi connectivity index (χ0) is 15.7. The second-order valence-electron chi connectivity index (χ2n) is 4.59. The van der Waals surface area contributed by atoms with Crippen molar-refractivity contribution in [1.82, 2.24) is 4.72 Å². The Morgan fingerprint density at radius 1 is 1.33 bits per heavy atom. The number of hydrogen-bond donors (Lipinski definition) is 2. The van der Waals surface area contributed by atoms with Gasteiger partial charge in [-0.3, -0.25) is 4.79 Å². The average Bonchev–Trinajstić information content (AvgIpc) is 2.92. The van der Waals surface area contributed by atoms with Crippen molar-refractivity contribution in [2.75, 3.05) is 0 Å². The predicted octanol–water partition coefficient (Wildman–Crippen LogP) is 2.33. The molecular formula is C12H15N3O4S2. The van der Waals surface area contributed by atoms with Gasteiger partial charge in [-0.1, -0.05) is 19.9 Å². The number of hydrogen-bond acceptors (Lipinski definition) is 5. The number of sulfonamides is 1. The van der Waals surface area contributed by atoms with E-state index in [1.165, 1.54) is 6.07 Å². The Hall–Kier alpha value is -1.58. The van der Waals surface area contributed by atoms with Gasteiger partial charge in [-0.2, -0.15) is 13.4 Å². The molecule has 0 spiro atoms. The fourth-order valence-electron chi connectivity index (χ4n) is 2.05. The van der Waals surface area contributed by atoms with E-state index in [4.69, 9.17) is 0 Å². The zero-order valence-electron chi connectivity index (χ0n) is 11.5. The van der Waals surface area contributed by atoms with Crippen LogP contribution in [0, 0.1) is 0 Å². The Morgan fingerprint density at radius 2 is 2.00 bits per heavy atom. The molecule has 9 heteroatoms. The lowest BCUT2D eigenvalue weighted by atomic mass is 9.95. The van der Waals surface area contributed by atoms with Crippen LogP contribution >= 0.6 is 0 Å². The van der Waals surface area contributed by atoms with Crippen LogP contribution in [0.15, 0.2) is 31.8 Å². The molecule has 0 aromatic heterocycles. The number of nitrogens with zero attached hydrogens (tertiary/aromatic N) is 2. The maximum atomic E-state index is 12.5. The molecule has 2 N–H and O–H groups in total. The van der Waals surface area contributed by atoms with Crippen molar-refractivity contribution in [2.45, 2.75) is 37.1 Å².